The van der Waals surface area contributed by atoms with Gasteiger partial charge in [-0.1, -0.05) is 211 Å². The van der Waals surface area contributed by atoms with Crippen molar-refractivity contribution in [2.24, 2.45) is 0 Å². The van der Waals surface area contributed by atoms with Gasteiger partial charge in [-0.2, -0.15) is 0 Å². The number of rotatable bonds is 15. The molecule has 0 radical (unpaired) electrons. The highest BCUT2D eigenvalue weighted by atomic mass is 28.4. The predicted octanol–water partition coefficient (Wildman–Crippen LogP) is 9.01. The molecule has 5 aromatic rings. The standard InChI is InChI=1S/C60H72O9Si2/c1-8-48-49(66-53-40-52-56(68-58(53)61)57(63-41-43-26-14-9-15-27-43)55-51(67-52)36-24-25-39-62-55)37-38-50(69-71(60(5,6)7,46-32-20-12-21-33-46)47-34-22-13-23-35-47)54(65-48)42-64-70(59(2,3)4,44-28-16-10-17-29-44)45-30-18-11-19-31-45/h8-35,48-57H,1,36-42H2,2-7H3/t48-,49+,50-,51-,52+,53-,54+,55-,56+,57+/m0/s1. The van der Waals surface area contributed by atoms with Crippen molar-refractivity contribution in [2.75, 3.05) is 13.2 Å². The van der Waals surface area contributed by atoms with Crippen molar-refractivity contribution in [2.45, 2.75) is 145 Å². The Morgan fingerprint density at radius 1 is 0.634 bits per heavy atom. The molecule has 11 heteroatoms. The highest BCUT2D eigenvalue weighted by molar-refractivity contribution is 7.00. The third-order valence-electron chi connectivity index (χ3n) is 14.9. The number of fused-ring (bicyclic) bond motifs is 2. The van der Waals surface area contributed by atoms with Crippen molar-refractivity contribution in [1.29, 1.82) is 0 Å². The van der Waals surface area contributed by atoms with Gasteiger partial charge in [0.1, 0.15) is 30.5 Å². The van der Waals surface area contributed by atoms with E-state index in [1.54, 1.807) is 0 Å². The largest absolute Gasteiger partial charge is 0.455 e. The molecule has 4 aliphatic heterocycles. The molecular weight excluding hydrogens is 921 g/mol. The first-order chi connectivity index (χ1) is 34.3. The fourth-order valence-corrected chi connectivity index (χ4v) is 20.9. The number of hydrogen-bond acceptors (Lipinski definition) is 9. The molecule has 374 valence electrons. The van der Waals surface area contributed by atoms with E-state index in [1.165, 1.54) is 20.7 Å². The molecule has 0 aromatic heterocycles. The highest BCUT2D eigenvalue weighted by Gasteiger charge is 2.57. The molecule has 4 heterocycles. The average Bonchev–Trinajstić information content (AvgIpc) is 3.71. The summed E-state index contributed by atoms with van der Waals surface area (Å²) in [5, 5.41) is 4.14. The first-order valence-corrected chi connectivity index (χ1v) is 29.4. The van der Waals surface area contributed by atoms with E-state index in [4.69, 9.17) is 37.3 Å². The Morgan fingerprint density at radius 3 is 1.69 bits per heavy atom. The number of hydrogen-bond donors (Lipinski definition) is 0. The van der Waals surface area contributed by atoms with Gasteiger partial charge in [-0.3, -0.25) is 0 Å². The minimum Gasteiger partial charge on any atom is -0.455 e. The molecule has 71 heavy (non-hydrogen) atoms. The number of benzene rings is 5. The van der Waals surface area contributed by atoms with Crippen LogP contribution in [0.3, 0.4) is 0 Å². The molecule has 10 atom stereocenters. The molecular formula is C60H72O9Si2. The molecule has 0 spiro atoms. The van der Waals surface area contributed by atoms with Crippen LogP contribution in [0, 0.1) is 0 Å². The molecule has 4 aliphatic rings. The second-order valence-electron chi connectivity index (χ2n) is 21.5. The van der Waals surface area contributed by atoms with Gasteiger partial charge < -0.3 is 37.3 Å². The first-order valence-electron chi connectivity index (χ1n) is 25.6. The highest BCUT2D eigenvalue weighted by Crippen LogP contribution is 2.43. The van der Waals surface area contributed by atoms with Crippen molar-refractivity contribution < 1.29 is 42.1 Å². The van der Waals surface area contributed by atoms with E-state index < -0.39 is 77.5 Å². The topological polar surface area (TPSA) is 90.9 Å². The van der Waals surface area contributed by atoms with Crippen molar-refractivity contribution in [1.82, 2.24) is 0 Å². The number of carbonyl (C=O) groups excluding carboxylic acids is 1. The lowest BCUT2D eigenvalue weighted by atomic mass is 9.88. The van der Waals surface area contributed by atoms with Crippen LogP contribution in [0.5, 0.6) is 0 Å². The summed E-state index contributed by atoms with van der Waals surface area (Å²) in [6.07, 6.45) is 2.55. The van der Waals surface area contributed by atoms with Crippen LogP contribution < -0.4 is 20.7 Å². The summed E-state index contributed by atoms with van der Waals surface area (Å²) in [6, 6.07) is 52.9. The van der Waals surface area contributed by atoms with E-state index in [9.17, 15) is 4.79 Å². The van der Waals surface area contributed by atoms with E-state index in [2.05, 4.69) is 176 Å². The van der Waals surface area contributed by atoms with Crippen LogP contribution in [0.4, 0.5) is 0 Å². The zero-order chi connectivity index (χ0) is 49.6. The molecule has 9 rings (SSSR count). The Balaban J connectivity index is 1.05. The maximum atomic E-state index is 14.4. The van der Waals surface area contributed by atoms with Gasteiger partial charge in [-0.25, -0.2) is 4.79 Å². The van der Waals surface area contributed by atoms with Gasteiger partial charge in [0.15, 0.2) is 12.2 Å². The minimum atomic E-state index is -3.13. The van der Waals surface area contributed by atoms with Crippen LogP contribution in [0.15, 0.2) is 176 Å². The summed E-state index contributed by atoms with van der Waals surface area (Å²) in [5.41, 5.74) is 1.03. The molecule has 3 fully saturated rings. The van der Waals surface area contributed by atoms with Crippen molar-refractivity contribution >= 4 is 43.4 Å². The van der Waals surface area contributed by atoms with Crippen LogP contribution >= 0.6 is 0 Å². The SMILES string of the molecule is C=C[C@@H]1O[C@H](CO[Si](c2ccccc2)(c2ccccc2)C(C)(C)C)[C@@H](O[Si](c2ccccc2)(c2ccccc2)C(C)(C)C)CC[C@H]1O[C@H]1C[C@H]2O[C@H]3CC=CCO[C@@H]3[C@@H](OCc3ccccc3)[C@@H]2OC1=O. The van der Waals surface area contributed by atoms with Crippen LogP contribution in [-0.4, -0.2) is 96.9 Å². The van der Waals surface area contributed by atoms with Crippen molar-refractivity contribution in [3.8, 4) is 0 Å². The molecule has 0 bridgehead atoms. The molecule has 0 aliphatic carbocycles. The second-order valence-corrected chi connectivity index (χ2v) is 30.1. The van der Waals surface area contributed by atoms with E-state index in [-0.39, 0.29) is 22.8 Å². The summed E-state index contributed by atoms with van der Waals surface area (Å²) in [5.74, 6) is -0.452. The van der Waals surface area contributed by atoms with E-state index in [0.717, 1.165) is 5.56 Å². The molecule has 9 nitrogen and oxygen atoms in total. The Morgan fingerprint density at radius 2 is 1.15 bits per heavy atom. The van der Waals surface area contributed by atoms with Gasteiger partial charge in [0.2, 0.25) is 0 Å². The Kier molecular flexibility index (Phi) is 15.9. The normalized spacial score (nSPS) is 27.3. The summed E-state index contributed by atoms with van der Waals surface area (Å²) < 4.78 is 56.2. The van der Waals surface area contributed by atoms with E-state index >= 15 is 0 Å². The minimum absolute atomic E-state index is 0.250. The van der Waals surface area contributed by atoms with Gasteiger partial charge in [0, 0.05) is 6.42 Å². The summed E-state index contributed by atoms with van der Waals surface area (Å²) >= 11 is 0. The lowest BCUT2D eigenvalue weighted by Crippen LogP contribution is -2.69. The molecule has 5 aromatic carbocycles. The van der Waals surface area contributed by atoms with E-state index in [0.29, 0.717) is 38.9 Å². The summed E-state index contributed by atoms with van der Waals surface area (Å²) in [6.45, 7) is 19.1. The zero-order valence-corrected chi connectivity index (χ0v) is 44.3. The molecule has 0 unspecified atom stereocenters. The Hall–Kier alpha value is -4.80. The van der Waals surface area contributed by atoms with Gasteiger partial charge in [0.05, 0.1) is 38.1 Å². The van der Waals surface area contributed by atoms with Crippen LogP contribution in [0.2, 0.25) is 10.1 Å². The Bertz CT molecular complexity index is 2440. The fraction of sp³-hybridized carbons (Fsp3) is 0.417. The third kappa shape index (κ3) is 10.7. The average molecular weight is 993 g/mol. The van der Waals surface area contributed by atoms with Crippen LogP contribution in [0.25, 0.3) is 0 Å². The number of esters is 1. The van der Waals surface area contributed by atoms with Crippen molar-refractivity contribution in [3.05, 3.63) is 182 Å². The van der Waals surface area contributed by atoms with Crippen LogP contribution in [0.1, 0.15) is 72.8 Å². The number of ether oxygens (including phenoxy) is 6. The maximum absolute atomic E-state index is 14.4. The van der Waals surface area contributed by atoms with E-state index in [1.807, 2.05) is 42.5 Å². The lowest BCUT2D eigenvalue weighted by molar-refractivity contribution is -0.275. The lowest BCUT2D eigenvalue weighted by Gasteiger charge is -2.48. The van der Waals surface area contributed by atoms with Gasteiger partial charge in [0.25, 0.3) is 16.6 Å². The fourth-order valence-electron chi connectivity index (χ4n) is 11.6. The molecule has 0 N–H and O–H groups in total. The summed E-state index contributed by atoms with van der Waals surface area (Å²) in [7, 11) is -6.17. The molecule has 0 amide bonds. The van der Waals surface area contributed by atoms with Gasteiger partial charge >= 0.3 is 5.97 Å². The maximum Gasteiger partial charge on any atom is 0.335 e. The van der Waals surface area contributed by atoms with Gasteiger partial charge in [-0.15, -0.1) is 6.58 Å². The van der Waals surface area contributed by atoms with Crippen LogP contribution in [-0.2, 0) is 48.7 Å². The second kappa shape index (κ2) is 22.1. The van der Waals surface area contributed by atoms with Crippen molar-refractivity contribution in [3.63, 3.8) is 0 Å². The summed E-state index contributed by atoms with van der Waals surface area (Å²) in [4.78, 5) is 14.4. The molecule has 3 saturated heterocycles. The quantitative estimate of drug-likeness (QED) is 0.0580. The Labute approximate surface area is 423 Å². The third-order valence-corrected chi connectivity index (χ3v) is 25.0. The smallest absolute Gasteiger partial charge is 0.335 e. The monoisotopic (exact) mass is 992 g/mol. The zero-order valence-electron chi connectivity index (χ0n) is 42.3. The first kappa shape index (κ1) is 51.1. The number of carbonyl (C=O) groups is 1. The van der Waals surface area contributed by atoms with Gasteiger partial charge in [-0.05, 0) is 55.6 Å². The predicted molar refractivity (Wildman–Crippen MR) is 284 cm³/mol. The molecule has 0 saturated carbocycles.